The highest BCUT2D eigenvalue weighted by Gasteiger charge is 2.38. The van der Waals surface area contributed by atoms with Gasteiger partial charge in [0.1, 0.15) is 5.51 Å². The summed E-state index contributed by atoms with van der Waals surface area (Å²) in [4.78, 5) is 3.05. The molecule has 0 fully saturated rings. The summed E-state index contributed by atoms with van der Waals surface area (Å²) < 4.78 is 65.9. The van der Waals surface area contributed by atoms with Gasteiger partial charge in [-0.05, 0) is 12.1 Å². The van der Waals surface area contributed by atoms with Crippen LogP contribution in [-0.4, -0.2) is 28.8 Å². The largest absolute Gasteiger partial charge is 0.471 e. The Labute approximate surface area is 130 Å². The molecule has 0 aliphatic carbocycles. The Morgan fingerprint density at radius 3 is 2.61 bits per heavy atom. The number of halogens is 3. The molecule has 0 radical (unpaired) electrons. The van der Waals surface area contributed by atoms with E-state index in [0.717, 1.165) is 17.4 Å². The summed E-state index contributed by atoms with van der Waals surface area (Å²) in [6.07, 6.45) is -4.78. The molecule has 0 unspecified atom stereocenters. The van der Waals surface area contributed by atoms with Crippen LogP contribution in [0.25, 0.3) is 11.4 Å². The highest BCUT2D eigenvalue weighted by Crippen LogP contribution is 2.30. The van der Waals surface area contributed by atoms with Crippen LogP contribution in [0.5, 0.6) is 0 Å². The average molecular weight is 362 g/mol. The highest BCUT2D eigenvalue weighted by molar-refractivity contribution is 7.93. The van der Waals surface area contributed by atoms with Gasteiger partial charge in [0.25, 0.3) is 0 Å². The standard InChI is InChI=1S/C11H5F3N4O3S2/c12-11(13,14)9-16-8(18-21-9)6-2-1-3-7(4-6)23(19,20)10-17-15-5-22-10/h1-5H. The predicted molar refractivity (Wildman–Crippen MR) is 70.1 cm³/mol. The molecular weight excluding hydrogens is 357 g/mol. The molecule has 3 rings (SSSR count). The Hall–Kier alpha value is -2.34. The molecule has 23 heavy (non-hydrogen) atoms. The van der Waals surface area contributed by atoms with Gasteiger partial charge in [0.05, 0.1) is 4.90 Å². The minimum absolute atomic E-state index is 0.0647. The Kier molecular flexibility index (Phi) is 3.64. The summed E-state index contributed by atoms with van der Waals surface area (Å²) in [5.74, 6) is -1.88. The lowest BCUT2D eigenvalue weighted by atomic mass is 10.2. The Bertz CT molecular complexity index is 936. The van der Waals surface area contributed by atoms with Crippen LogP contribution < -0.4 is 0 Å². The van der Waals surface area contributed by atoms with Crippen molar-refractivity contribution in [3.63, 3.8) is 0 Å². The van der Waals surface area contributed by atoms with Crippen molar-refractivity contribution in [2.24, 2.45) is 0 Å². The zero-order valence-corrected chi connectivity index (χ0v) is 12.5. The normalized spacial score (nSPS) is 12.5. The van der Waals surface area contributed by atoms with E-state index in [1.165, 1.54) is 23.7 Å². The van der Waals surface area contributed by atoms with Gasteiger partial charge in [-0.3, -0.25) is 0 Å². The Morgan fingerprint density at radius 1 is 1.22 bits per heavy atom. The van der Waals surface area contributed by atoms with Crippen LogP contribution in [0, 0.1) is 0 Å². The first-order valence-corrected chi connectivity index (χ1v) is 8.17. The van der Waals surface area contributed by atoms with Crippen LogP contribution in [0.1, 0.15) is 5.89 Å². The van der Waals surface area contributed by atoms with Crippen molar-refractivity contribution in [2.75, 3.05) is 0 Å². The van der Waals surface area contributed by atoms with E-state index >= 15 is 0 Å². The van der Waals surface area contributed by atoms with Crippen molar-refractivity contribution in [1.82, 2.24) is 20.3 Å². The van der Waals surface area contributed by atoms with E-state index in [9.17, 15) is 21.6 Å². The van der Waals surface area contributed by atoms with Gasteiger partial charge in [-0.2, -0.15) is 18.2 Å². The third kappa shape index (κ3) is 2.94. The van der Waals surface area contributed by atoms with Gasteiger partial charge in [0.2, 0.25) is 20.0 Å². The molecule has 2 heterocycles. The number of rotatable bonds is 3. The zero-order valence-electron chi connectivity index (χ0n) is 10.9. The number of hydrogen-bond donors (Lipinski definition) is 0. The number of alkyl halides is 3. The van der Waals surface area contributed by atoms with Crippen molar-refractivity contribution in [2.45, 2.75) is 15.4 Å². The molecule has 120 valence electrons. The van der Waals surface area contributed by atoms with Crippen molar-refractivity contribution >= 4 is 21.2 Å². The van der Waals surface area contributed by atoms with E-state index in [-0.39, 0.29) is 20.6 Å². The fourth-order valence-electron chi connectivity index (χ4n) is 1.64. The molecule has 12 heteroatoms. The Balaban J connectivity index is 2.03. The number of benzene rings is 1. The van der Waals surface area contributed by atoms with Gasteiger partial charge in [-0.25, -0.2) is 8.42 Å². The molecule has 0 saturated carbocycles. The second kappa shape index (κ2) is 5.38. The van der Waals surface area contributed by atoms with Gasteiger partial charge in [0, 0.05) is 5.56 Å². The number of sulfone groups is 1. The highest BCUT2D eigenvalue weighted by atomic mass is 32.2. The third-order valence-corrected chi connectivity index (χ3v) is 5.49. The van der Waals surface area contributed by atoms with E-state index in [1.54, 1.807) is 0 Å². The van der Waals surface area contributed by atoms with Crippen LogP contribution >= 0.6 is 11.3 Å². The van der Waals surface area contributed by atoms with Crippen molar-refractivity contribution < 1.29 is 26.1 Å². The maximum absolute atomic E-state index is 12.5. The topological polar surface area (TPSA) is 98.8 Å². The average Bonchev–Trinajstić information content (AvgIpc) is 3.18. The van der Waals surface area contributed by atoms with Crippen molar-refractivity contribution in [1.29, 1.82) is 0 Å². The van der Waals surface area contributed by atoms with E-state index in [1.807, 2.05) is 0 Å². The maximum Gasteiger partial charge on any atom is 0.471 e. The molecule has 0 amide bonds. The van der Waals surface area contributed by atoms with E-state index in [2.05, 4.69) is 24.9 Å². The van der Waals surface area contributed by atoms with E-state index < -0.39 is 21.9 Å². The first-order chi connectivity index (χ1) is 10.8. The zero-order chi connectivity index (χ0) is 16.7. The van der Waals surface area contributed by atoms with Crippen LogP contribution in [0.15, 0.2) is 43.5 Å². The Morgan fingerprint density at radius 2 is 2.00 bits per heavy atom. The molecule has 0 spiro atoms. The van der Waals surface area contributed by atoms with E-state index in [4.69, 9.17) is 0 Å². The lowest BCUT2D eigenvalue weighted by molar-refractivity contribution is -0.159. The van der Waals surface area contributed by atoms with Gasteiger partial charge in [-0.15, -0.1) is 10.2 Å². The van der Waals surface area contributed by atoms with Gasteiger partial charge < -0.3 is 4.52 Å². The summed E-state index contributed by atoms with van der Waals surface area (Å²) >= 11 is 0.825. The molecular formula is C11H5F3N4O3S2. The molecule has 0 N–H and O–H groups in total. The minimum atomic E-state index is -4.78. The lowest BCUT2D eigenvalue weighted by Gasteiger charge is -2.01. The smallest absolute Gasteiger partial charge is 0.329 e. The van der Waals surface area contributed by atoms with Gasteiger partial charge >= 0.3 is 12.1 Å². The van der Waals surface area contributed by atoms with Gasteiger partial charge in [0.15, 0.2) is 0 Å². The minimum Gasteiger partial charge on any atom is -0.329 e. The first kappa shape index (κ1) is 15.6. The van der Waals surface area contributed by atoms with Gasteiger partial charge in [-0.1, -0.05) is 28.6 Å². The SMILES string of the molecule is O=S(=O)(c1cccc(-c2noc(C(F)(F)F)n2)c1)c1nncs1. The molecule has 0 aliphatic rings. The second-order valence-electron chi connectivity index (χ2n) is 4.16. The lowest BCUT2D eigenvalue weighted by Crippen LogP contribution is -2.05. The molecule has 7 nitrogen and oxygen atoms in total. The quantitative estimate of drug-likeness (QED) is 0.705. The second-order valence-corrected chi connectivity index (χ2v) is 7.11. The third-order valence-electron chi connectivity index (χ3n) is 2.64. The number of hydrogen-bond acceptors (Lipinski definition) is 8. The summed E-state index contributed by atoms with van der Waals surface area (Å²) in [5.41, 5.74) is 1.32. The van der Waals surface area contributed by atoms with Crippen molar-refractivity contribution in [3.05, 3.63) is 35.7 Å². The van der Waals surface area contributed by atoms with Crippen LogP contribution in [0.4, 0.5) is 13.2 Å². The molecule has 3 aromatic rings. The molecule has 1 aromatic carbocycles. The van der Waals surface area contributed by atoms with Crippen LogP contribution in [-0.2, 0) is 16.0 Å². The number of nitrogens with zero attached hydrogens (tertiary/aromatic N) is 4. The molecule has 0 atom stereocenters. The van der Waals surface area contributed by atoms with Crippen LogP contribution in [0.2, 0.25) is 0 Å². The predicted octanol–water partition coefficient (Wildman–Crippen LogP) is 2.44. The fourth-order valence-corrected chi connectivity index (χ4v) is 3.74. The maximum atomic E-state index is 12.5. The molecule has 0 saturated heterocycles. The summed E-state index contributed by atoms with van der Waals surface area (Å²) in [7, 11) is -3.91. The molecule has 2 aromatic heterocycles. The fraction of sp³-hybridized carbons (Fsp3) is 0.0909. The molecule has 0 aliphatic heterocycles. The summed E-state index contributed by atoms with van der Waals surface area (Å²) in [6.45, 7) is 0. The van der Waals surface area contributed by atoms with E-state index in [0.29, 0.717) is 0 Å². The summed E-state index contributed by atoms with van der Waals surface area (Å²) in [5, 5.41) is 10.1. The first-order valence-electron chi connectivity index (χ1n) is 5.81. The summed E-state index contributed by atoms with van der Waals surface area (Å²) in [6, 6.07) is 5.14. The molecule has 0 bridgehead atoms. The van der Waals surface area contributed by atoms with Crippen LogP contribution in [0.3, 0.4) is 0 Å². The van der Waals surface area contributed by atoms with Crippen molar-refractivity contribution in [3.8, 4) is 11.4 Å². The monoisotopic (exact) mass is 362 g/mol. The number of aromatic nitrogens is 4.